The first kappa shape index (κ1) is 17.4. The van der Waals surface area contributed by atoms with Crippen molar-refractivity contribution >= 4 is 0 Å². The number of benzene rings is 1. The van der Waals surface area contributed by atoms with Crippen LogP contribution in [0.25, 0.3) is 0 Å². The second-order valence-electron chi connectivity index (χ2n) is 3.11. The quantitative estimate of drug-likeness (QED) is 0.603. The second kappa shape index (κ2) is 12.0. The van der Waals surface area contributed by atoms with Gasteiger partial charge in [-0.2, -0.15) is 0 Å². The molecule has 0 spiro atoms. The molecule has 1 aromatic rings. The Bertz CT molecular complexity index is 271. The van der Waals surface area contributed by atoms with Gasteiger partial charge in [-0.25, -0.2) is 0 Å². The van der Waals surface area contributed by atoms with Gasteiger partial charge in [-0.05, 0) is 36.5 Å². The van der Waals surface area contributed by atoms with Crippen molar-refractivity contribution in [2.75, 3.05) is 0 Å². The third kappa shape index (κ3) is 6.44. The lowest BCUT2D eigenvalue weighted by atomic mass is 10.0. The van der Waals surface area contributed by atoms with Crippen molar-refractivity contribution in [3.8, 4) is 0 Å². The van der Waals surface area contributed by atoms with E-state index in [0.29, 0.717) is 0 Å². The predicted octanol–water partition coefficient (Wildman–Crippen LogP) is 5.34. The van der Waals surface area contributed by atoms with Crippen LogP contribution in [0.3, 0.4) is 0 Å². The van der Waals surface area contributed by atoms with Crippen LogP contribution in [0.4, 0.5) is 0 Å². The Labute approximate surface area is 102 Å². The summed E-state index contributed by atoms with van der Waals surface area (Å²) in [6.07, 6.45) is 4.06. The van der Waals surface area contributed by atoms with Crippen molar-refractivity contribution in [2.45, 2.75) is 54.4 Å². The van der Waals surface area contributed by atoms with E-state index in [9.17, 15) is 0 Å². The van der Waals surface area contributed by atoms with E-state index in [1.807, 2.05) is 33.8 Å². The zero-order valence-electron chi connectivity index (χ0n) is 11.9. The molecule has 92 valence electrons. The largest absolute Gasteiger partial charge is 0.103 e. The minimum atomic E-state index is 0.986. The van der Waals surface area contributed by atoms with Crippen LogP contribution >= 0.6 is 0 Å². The Kier molecular flexibility index (Phi) is 13.1. The zero-order chi connectivity index (χ0) is 13.0. The maximum absolute atomic E-state index is 3.75. The number of hydrogen-bond donors (Lipinski definition) is 0. The highest BCUT2D eigenvalue weighted by atomic mass is 14.0. The van der Waals surface area contributed by atoms with Gasteiger partial charge >= 0.3 is 0 Å². The van der Waals surface area contributed by atoms with Crippen LogP contribution in [0.5, 0.6) is 0 Å². The monoisotopic (exact) mass is 220 g/mol. The highest BCUT2D eigenvalue weighted by Gasteiger charge is 1.96. The van der Waals surface area contributed by atoms with Crippen LogP contribution in [0.1, 0.15) is 51.3 Å². The van der Waals surface area contributed by atoms with Crippen LogP contribution in [0, 0.1) is 6.92 Å². The zero-order valence-corrected chi connectivity index (χ0v) is 11.9. The first-order chi connectivity index (χ1) is 7.77. The Balaban J connectivity index is 0. The van der Waals surface area contributed by atoms with Crippen molar-refractivity contribution in [1.29, 1.82) is 0 Å². The third-order valence-electron chi connectivity index (χ3n) is 2.19. The summed E-state index contributed by atoms with van der Waals surface area (Å²) >= 11 is 0. The van der Waals surface area contributed by atoms with Gasteiger partial charge in [0.25, 0.3) is 0 Å². The topological polar surface area (TPSA) is 0 Å². The van der Waals surface area contributed by atoms with Crippen LogP contribution in [-0.4, -0.2) is 0 Å². The fraction of sp³-hybridized carbons (Fsp3) is 0.500. The molecule has 0 amide bonds. The molecule has 1 aromatic carbocycles. The molecule has 0 radical (unpaired) electrons. The average Bonchev–Trinajstić information content (AvgIpc) is 2.37. The molecule has 16 heavy (non-hydrogen) atoms. The highest BCUT2D eigenvalue weighted by Crippen LogP contribution is 2.12. The van der Waals surface area contributed by atoms with E-state index in [2.05, 4.69) is 38.6 Å². The first-order valence-corrected chi connectivity index (χ1v) is 6.47. The van der Waals surface area contributed by atoms with Crippen LogP contribution in [0.15, 0.2) is 30.9 Å². The molecule has 0 heteroatoms. The smallest absolute Gasteiger partial charge is 0.00974 e. The van der Waals surface area contributed by atoms with Gasteiger partial charge in [0.1, 0.15) is 0 Å². The molecule has 0 fully saturated rings. The van der Waals surface area contributed by atoms with Gasteiger partial charge in [0, 0.05) is 0 Å². The summed E-state index contributed by atoms with van der Waals surface area (Å²) < 4.78 is 0. The van der Waals surface area contributed by atoms with Gasteiger partial charge in [0.15, 0.2) is 0 Å². The molecule has 0 bridgehead atoms. The van der Waals surface area contributed by atoms with E-state index in [-0.39, 0.29) is 0 Å². The molecule has 0 unspecified atom stereocenters. The summed E-state index contributed by atoms with van der Waals surface area (Å²) in [4.78, 5) is 0. The van der Waals surface area contributed by atoms with E-state index in [0.717, 1.165) is 12.8 Å². The minimum absolute atomic E-state index is 0.986. The molecule has 0 nitrogen and oxygen atoms in total. The summed E-state index contributed by atoms with van der Waals surface area (Å²) in [5, 5.41) is 0. The molecular weight excluding hydrogens is 192 g/mol. The van der Waals surface area contributed by atoms with Crippen molar-refractivity contribution in [3.63, 3.8) is 0 Å². The van der Waals surface area contributed by atoms with E-state index in [4.69, 9.17) is 0 Å². The maximum atomic E-state index is 3.75. The second-order valence-corrected chi connectivity index (χ2v) is 3.11. The lowest BCUT2D eigenvalue weighted by Crippen LogP contribution is -1.89. The molecule has 0 heterocycles. The third-order valence-corrected chi connectivity index (χ3v) is 2.19. The average molecular weight is 220 g/mol. The maximum Gasteiger partial charge on any atom is -0.00974 e. The Morgan fingerprint density at radius 3 is 2.12 bits per heavy atom. The lowest BCUT2D eigenvalue weighted by molar-refractivity contribution is 1.10. The van der Waals surface area contributed by atoms with Gasteiger partial charge in [0.05, 0.1) is 0 Å². The summed E-state index contributed by atoms with van der Waals surface area (Å²) in [7, 11) is 0. The van der Waals surface area contributed by atoms with Crippen LogP contribution in [-0.2, 0) is 12.8 Å². The normalized spacial score (nSPS) is 8.12. The van der Waals surface area contributed by atoms with Gasteiger partial charge in [-0.3, -0.25) is 0 Å². The van der Waals surface area contributed by atoms with Crippen LogP contribution in [0.2, 0.25) is 0 Å². The van der Waals surface area contributed by atoms with Crippen molar-refractivity contribution in [1.82, 2.24) is 0 Å². The minimum Gasteiger partial charge on any atom is -0.103 e. The molecule has 0 aliphatic carbocycles. The molecule has 0 atom stereocenters. The predicted molar refractivity (Wildman–Crippen MR) is 77.2 cm³/mol. The fourth-order valence-electron chi connectivity index (χ4n) is 1.32. The van der Waals surface area contributed by atoms with Crippen molar-refractivity contribution < 1.29 is 0 Å². The number of allylic oxidation sites excluding steroid dienone is 1. The Hall–Kier alpha value is -1.04. The first-order valence-electron chi connectivity index (χ1n) is 6.47. The van der Waals surface area contributed by atoms with Crippen molar-refractivity contribution in [2.24, 2.45) is 0 Å². The Morgan fingerprint density at radius 2 is 1.69 bits per heavy atom. The fourth-order valence-corrected chi connectivity index (χ4v) is 1.32. The number of hydrogen-bond acceptors (Lipinski definition) is 0. The van der Waals surface area contributed by atoms with Crippen molar-refractivity contribution in [3.05, 3.63) is 47.5 Å². The van der Waals surface area contributed by atoms with Crippen LogP contribution < -0.4 is 0 Å². The summed E-state index contributed by atoms with van der Waals surface area (Å²) in [6.45, 7) is 16.1. The van der Waals surface area contributed by atoms with E-state index in [1.54, 1.807) is 0 Å². The molecule has 0 saturated heterocycles. The molecule has 0 aliphatic heterocycles. The lowest BCUT2D eigenvalue weighted by Gasteiger charge is -2.04. The highest BCUT2D eigenvalue weighted by molar-refractivity contribution is 5.32. The van der Waals surface area contributed by atoms with Gasteiger partial charge in [-0.1, -0.05) is 58.9 Å². The molecule has 0 aromatic heterocycles. The summed E-state index contributed by atoms with van der Waals surface area (Å²) in [5.41, 5.74) is 4.19. The van der Waals surface area contributed by atoms with E-state index in [1.165, 1.54) is 16.7 Å². The molecule has 0 saturated carbocycles. The molecular formula is C16H28. The number of aryl methyl sites for hydroxylation is 2. The van der Waals surface area contributed by atoms with Gasteiger partial charge in [-0.15, -0.1) is 6.58 Å². The summed E-state index contributed by atoms with van der Waals surface area (Å²) in [6, 6.07) is 6.66. The SMILES string of the molecule is C=CCc1cc(CC)ccc1C.CC.CC. The number of rotatable bonds is 3. The Morgan fingerprint density at radius 1 is 1.12 bits per heavy atom. The van der Waals surface area contributed by atoms with Gasteiger partial charge < -0.3 is 0 Å². The van der Waals surface area contributed by atoms with E-state index >= 15 is 0 Å². The molecule has 1 rings (SSSR count). The summed E-state index contributed by atoms with van der Waals surface area (Å²) in [5.74, 6) is 0. The molecule has 0 N–H and O–H groups in total. The van der Waals surface area contributed by atoms with Gasteiger partial charge in [0.2, 0.25) is 0 Å². The standard InChI is InChI=1S/C12H16.2C2H6/c1-4-6-12-9-11(5-2)8-7-10(12)3;2*1-2/h4,7-9H,1,5-6H2,2-3H3;2*1-2H3. The van der Waals surface area contributed by atoms with E-state index < -0.39 is 0 Å². The molecule has 0 aliphatic rings.